The number of esters is 1. The van der Waals surface area contributed by atoms with Crippen LogP contribution in [0.25, 0.3) is 5.69 Å². The van der Waals surface area contributed by atoms with E-state index in [-0.39, 0.29) is 0 Å². The largest absolute Gasteiger partial charge is 0.461 e. The molecule has 0 aliphatic rings. The fraction of sp³-hybridized carbons (Fsp3) is 0.158. The number of carbonyl (C=O) groups is 1. The molecule has 3 rings (SSSR count). The summed E-state index contributed by atoms with van der Waals surface area (Å²) >= 11 is 0. The number of para-hydroxylation sites is 1. The first-order valence-corrected chi connectivity index (χ1v) is 7.73. The Morgan fingerprint density at radius 3 is 2.58 bits per heavy atom. The molecule has 0 spiro atoms. The zero-order chi connectivity index (χ0) is 16.9. The van der Waals surface area contributed by atoms with Gasteiger partial charge in [-0.3, -0.25) is 0 Å². The molecule has 122 valence electrons. The van der Waals surface area contributed by atoms with Gasteiger partial charge in [-0.05, 0) is 38.1 Å². The van der Waals surface area contributed by atoms with Gasteiger partial charge in [-0.1, -0.05) is 24.3 Å². The van der Waals surface area contributed by atoms with Crippen LogP contribution in [0.5, 0.6) is 11.5 Å². The summed E-state index contributed by atoms with van der Waals surface area (Å²) in [6, 6.07) is 17.2. The molecule has 24 heavy (non-hydrogen) atoms. The van der Waals surface area contributed by atoms with Gasteiger partial charge in [-0.25, -0.2) is 9.78 Å². The van der Waals surface area contributed by atoms with E-state index in [1.165, 1.54) is 0 Å². The van der Waals surface area contributed by atoms with E-state index in [1.807, 2.05) is 66.1 Å². The van der Waals surface area contributed by atoms with Crippen LogP contribution in [0.1, 0.15) is 23.1 Å². The van der Waals surface area contributed by atoms with Crippen molar-refractivity contribution in [1.29, 1.82) is 0 Å². The van der Waals surface area contributed by atoms with Crippen LogP contribution in [0.2, 0.25) is 0 Å². The van der Waals surface area contributed by atoms with E-state index in [0.717, 1.165) is 17.1 Å². The van der Waals surface area contributed by atoms with Crippen LogP contribution in [0.15, 0.2) is 60.9 Å². The second-order valence-corrected chi connectivity index (χ2v) is 5.18. The number of rotatable bonds is 5. The molecule has 0 amide bonds. The van der Waals surface area contributed by atoms with Gasteiger partial charge < -0.3 is 14.0 Å². The summed E-state index contributed by atoms with van der Waals surface area (Å²) in [6.45, 7) is 3.93. The van der Waals surface area contributed by atoms with E-state index in [1.54, 1.807) is 13.3 Å². The Morgan fingerprint density at radius 2 is 1.83 bits per heavy atom. The minimum absolute atomic E-state index is 0.325. The normalized spacial score (nSPS) is 10.4. The number of benzene rings is 2. The van der Waals surface area contributed by atoms with Crippen molar-refractivity contribution >= 4 is 5.97 Å². The minimum Gasteiger partial charge on any atom is -0.461 e. The number of nitrogens with zero attached hydrogens (tertiary/aromatic N) is 2. The van der Waals surface area contributed by atoms with Crippen LogP contribution in [-0.4, -0.2) is 22.1 Å². The third-order valence-corrected chi connectivity index (χ3v) is 3.55. The fourth-order valence-electron chi connectivity index (χ4n) is 2.39. The molecule has 3 aromatic rings. The van der Waals surface area contributed by atoms with Gasteiger partial charge in [0.05, 0.1) is 18.0 Å². The van der Waals surface area contributed by atoms with Crippen LogP contribution in [0.3, 0.4) is 0 Å². The van der Waals surface area contributed by atoms with E-state index in [0.29, 0.717) is 18.1 Å². The molecule has 0 aliphatic heterocycles. The van der Waals surface area contributed by atoms with Crippen molar-refractivity contribution < 1.29 is 14.3 Å². The molecule has 2 aromatic carbocycles. The first kappa shape index (κ1) is 15.8. The Kier molecular flexibility index (Phi) is 4.61. The van der Waals surface area contributed by atoms with Crippen LogP contribution in [-0.2, 0) is 4.74 Å². The van der Waals surface area contributed by atoms with Crippen LogP contribution in [0.4, 0.5) is 0 Å². The van der Waals surface area contributed by atoms with Gasteiger partial charge in [0, 0.05) is 6.07 Å². The van der Waals surface area contributed by atoms with Gasteiger partial charge in [0.15, 0.2) is 5.69 Å². The molecule has 0 atom stereocenters. The maximum Gasteiger partial charge on any atom is 0.358 e. The summed E-state index contributed by atoms with van der Waals surface area (Å²) < 4.78 is 12.7. The molecule has 0 radical (unpaired) electrons. The van der Waals surface area contributed by atoms with Crippen LogP contribution < -0.4 is 4.74 Å². The number of carbonyl (C=O) groups excluding carboxylic acids is 1. The molecule has 0 aliphatic carbocycles. The lowest BCUT2D eigenvalue weighted by Gasteiger charge is -2.09. The lowest BCUT2D eigenvalue weighted by Crippen LogP contribution is -2.07. The minimum atomic E-state index is -0.412. The van der Waals surface area contributed by atoms with E-state index in [2.05, 4.69) is 4.98 Å². The van der Waals surface area contributed by atoms with Crippen molar-refractivity contribution in [2.45, 2.75) is 13.8 Å². The van der Waals surface area contributed by atoms with Crippen LogP contribution in [0, 0.1) is 6.92 Å². The first-order valence-electron chi connectivity index (χ1n) is 7.73. The molecular formula is C19H18N2O3. The number of imidazole rings is 1. The van der Waals surface area contributed by atoms with E-state index >= 15 is 0 Å². The van der Waals surface area contributed by atoms with Gasteiger partial charge in [-0.2, -0.15) is 0 Å². The molecule has 0 saturated heterocycles. The Balaban J connectivity index is 1.88. The molecule has 5 heteroatoms. The van der Waals surface area contributed by atoms with E-state index < -0.39 is 5.97 Å². The monoisotopic (exact) mass is 322 g/mol. The molecule has 0 bridgehead atoms. The zero-order valence-electron chi connectivity index (χ0n) is 13.6. The second-order valence-electron chi connectivity index (χ2n) is 5.18. The third kappa shape index (κ3) is 3.30. The lowest BCUT2D eigenvalue weighted by atomic mass is 10.2. The molecular weight excluding hydrogens is 304 g/mol. The van der Waals surface area contributed by atoms with Crippen molar-refractivity contribution in [2.24, 2.45) is 0 Å². The molecule has 0 fully saturated rings. The standard InChI is InChI=1S/C19H18N2O3/c1-3-23-19(22)18-14(2)21(13-20-18)15-8-7-11-17(12-15)24-16-9-5-4-6-10-16/h4-13H,3H2,1-2H3. The summed E-state index contributed by atoms with van der Waals surface area (Å²) in [4.78, 5) is 16.1. The third-order valence-electron chi connectivity index (χ3n) is 3.55. The quantitative estimate of drug-likeness (QED) is 0.662. The molecule has 0 unspecified atom stereocenters. The van der Waals surface area contributed by atoms with E-state index in [4.69, 9.17) is 9.47 Å². The number of ether oxygens (including phenoxy) is 2. The van der Waals surface area contributed by atoms with Crippen molar-refractivity contribution in [3.05, 3.63) is 72.3 Å². The predicted octanol–water partition coefficient (Wildman–Crippen LogP) is 4.15. The highest BCUT2D eigenvalue weighted by atomic mass is 16.5. The second kappa shape index (κ2) is 7.00. The Hall–Kier alpha value is -3.08. The zero-order valence-corrected chi connectivity index (χ0v) is 13.6. The molecule has 1 heterocycles. The van der Waals surface area contributed by atoms with Gasteiger partial charge in [0.1, 0.15) is 17.8 Å². The number of aromatic nitrogens is 2. The van der Waals surface area contributed by atoms with Gasteiger partial charge in [0.25, 0.3) is 0 Å². The molecule has 5 nitrogen and oxygen atoms in total. The lowest BCUT2D eigenvalue weighted by molar-refractivity contribution is 0.0519. The number of hydrogen-bond acceptors (Lipinski definition) is 4. The maximum atomic E-state index is 11.9. The summed E-state index contributed by atoms with van der Waals surface area (Å²) in [5.41, 5.74) is 1.92. The highest BCUT2D eigenvalue weighted by molar-refractivity contribution is 5.88. The Morgan fingerprint density at radius 1 is 1.08 bits per heavy atom. The molecule has 0 N–H and O–H groups in total. The molecule has 0 saturated carbocycles. The highest BCUT2D eigenvalue weighted by Crippen LogP contribution is 2.24. The van der Waals surface area contributed by atoms with Crippen molar-refractivity contribution in [1.82, 2.24) is 9.55 Å². The fourth-order valence-corrected chi connectivity index (χ4v) is 2.39. The average Bonchev–Trinajstić information content (AvgIpc) is 2.98. The summed E-state index contributed by atoms with van der Waals surface area (Å²) in [5.74, 6) is 1.07. The maximum absolute atomic E-state index is 11.9. The highest BCUT2D eigenvalue weighted by Gasteiger charge is 2.16. The smallest absolute Gasteiger partial charge is 0.358 e. The predicted molar refractivity (Wildman–Crippen MR) is 90.8 cm³/mol. The summed E-state index contributed by atoms with van der Waals surface area (Å²) in [5, 5.41) is 0. The topological polar surface area (TPSA) is 53.3 Å². The first-order chi connectivity index (χ1) is 11.7. The Labute approximate surface area is 140 Å². The Bertz CT molecular complexity index is 841. The van der Waals surface area contributed by atoms with Crippen molar-refractivity contribution in [2.75, 3.05) is 6.61 Å². The SMILES string of the molecule is CCOC(=O)c1ncn(-c2cccc(Oc3ccccc3)c2)c1C. The van der Waals surface area contributed by atoms with Crippen molar-refractivity contribution in [3.63, 3.8) is 0 Å². The average molecular weight is 322 g/mol. The van der Waals surface area contributed by atoms with Gasteiger partial charge in [-0.15, -0.1) is 0 Å². The van der Waals surface area contributed by atoms with Crippen LogP contribution >= 0.6 is 0 Å². The number of hydrogen-bond donors (Lipinski definition) is 0. The summed E-state index contributed by atoms with van der Waals surface area (Å²) in [6.07, 6.45) is 1.61. The van der Waals surface area contributed by atoms with E-state index in [9.17, 15) is 4.79 Å². The van der Waals surface area contributed by atoms with Gasteiger partial charge in [0.2, 0.25) is 0 Å². The summed E-state index contributed by atoms with van der Waals surface area (Å²) in [7, 11) is 0. The molecule has 1 aromatic heterocycles. The van der Waals surface area contributed by atoms with Gasteiger partial charge >= 0.3 is 5.97 Å². The van der Waals surface area contributed by atoms with Crippen molar-refractivity contribution in [3.8, 4) is 17.2 Å².